The fraction of sp³-hybridized carbons (Fsp3) is 0.214. The summed E-state index contributed by atoms with van der Waals surface area (Å²) in [6.07, 6.45) is 0. The maximum absolute atomic E-state index is 11.8. The van der Waals surface area contributed by atoms with Crippen LogP contribution in [-0.2, 0) is 4.74 Å². The molecule has 102 valence electrons. The number of ether oxygens (including phenoxy) is 1. The molecule has 5 nitrogen and oxygen atoms in total. The van der Waals surface area contributed by atoms with E-state index in [2.05, 4.69) is 15.8 Å². The molecule has 0 saturated heterocycles. The second-order valence-electron chi connectivity index (χ2n) is 4.00. The first-order valence-corrected chi connectivity index (χ1v) is 6.83. The van der Waals surface area contributed by atoms with Crippen LogP contribution < -0.4 is 5.32 Å². The number of nitrogens with zero attached hydrogens (tertiary/aromatic N) is 2. The van der Waals surface area contributed by atoms with Crippen molar-refractivity contribution in [3.05, 3.63) is 40.4 Å². The van der Waals surface area contributed by atoms with Gasteiger partial charge in [0, 0.05) is 10.6 Å². The van der Waals surface area contributed by atoms with Crippen molar-refractivity contribution in [2.45, 2.75) is 13.8 Å². The first-order valence-electron chi connectivity index (χ1n) is 6.06. The quantitative estimate of drug-likeness (QED) is 0.874. The Hall–Kier alpha value is -2.39. The van der Waals surface area contributed by atoms with Gasteiger partial charge >= 0.3 is 5.97 Å². The summed E-state index contributed by atoms with van der Waals surface area (Å²) in [7, 11) is 0. The van der Waals surface area contributed by atoms with Gasteiger partial charge in [0.25, 0.3) is 0 Å². The predicted molar refractivity (Wildman–Crippen MR) is 77.2 cm³/mol. The van der Waals surface area contributed by atoms with Crippen molar-refractivity contribution >= 4 is 28.9 Å². The van der Waals surface area contributed by atoms with Gasteiger partial charge < -0.3 is 10.1 Å². The van der Waals surface area contributed by atoms with Crippen LogP contribution in [0.3, 0.4) is 0 Å². The number of carbonyl (C=O) groups is 1. The van der Waals surface area contributed by atoms with Crippen LogP contribution in [-0.4, -0.2) is 16.9 Å². The molecule has 1 aromatic carbocycles. The number of nitriles is 1. The van der Waals surface area contributed by atoms with Gasteiger partial charge in [-0.05, 0) is 49.6 Å². The van der Waals surface area contributed by atoms with Crippen LogP contribution in [0.25, 0.3) is 0 Å². The summed E-state index contributed by atoms with van der Waals surface area (Å²) < 4.78 is 9.09. The number of rotatable bonds is 4. The molecule has 0 aliphatic rings. The Bertz CT molecular complexity index is 656. The van der Waals surface area contributed by atoms with Crippen LogP contribution in [0.1, 0.15) is 27.9 Å². The van der Waals surface area contributed by atoms with E-state index in [1.807, 2.05) is 6.92 Å². The summed E-state index contributed by atoms with van der Waals surface area (Å²) in [4.78, 5) is 12.7. The van der Waals surface area contributed by atoms with Crippen molar-refractivity contribution in [2.75, 3.05) is 11.9 Å². The van der Waals surface area contributed by atoms with E-state index in [0.717, 1.165) is 10.6 Å². The Morgan fingerprint density at radius 3 is 2.75 bits per heavy atom. The Morgan fingerprint density at radius 2 is 2.15 bits per heavy atom. The lowest BCUT2D eigenvalue weighted by Crippen LogP contribution is -2.07. The highest BCUT2D eigenvalue weighted by atomic mass is 32.1. The molecule has 0 spiro atoms. The third-order valence-electron chi connectivity index (χ3n) is 2.61. The zero-order valence-electron chi connectivity index (χ0n) is 11.1. The van der Waals surface area contributed by atoms with Crippen LogP contribution in [0.4, 0.5) is 11.4 Å². The van der Waals surface area contributed by atoms with Crippen LogP contribution in [0.15, 0.2) is 24.3 Å². The van der Waals surface area contributed by atoms with Crippen molar-refractivity contribution in [2.24, 2.45) is 0 Å². The third kappa shape index (κ3) is 2.95. The molecule has 2 rings (SSSR count). The number of benzene rings is 1. The van der Waals surface area contributed by atoms with Gasteiger partial charge in [0.05, 0.1) is 23.9 Å². The molecule has 6 heteroatoms. The van der Waals surface area contributed by atoms with Crippen LogP contribution in [0, 0.1) is 18.3 Å². The molecular formula is C14H13N3O2S. The summed E-state index contributed by atoms with van der Waals surface area (Å²) in [6.45, 7) is 3.95. The molecule has 0 aliphatic carbocycles. The molecule has 1 N–H and O–H groups in total. The summed E-state index contributed by atoms with van der Waals surface area (Å²) in [5.74, 6) is -0.437. The van der Waals surface area contributed by atoms with Crippen molar-refractivity contribution in [1.29, 1.82) is 5.26 Å². The zero-order valence-corrected chi connectivity index (χ0v) is 12.0. The second-order valence-corrected chi connectivity index (χ2v) is 4.97. The minimum Gasteiger partial charge on any atom is -0.461 e. The first-order chi connectivity index (χ1) is 9.65. The average Bonchev–Trinajstić information content (AvgIpc) is 2.81. The number of hydrogen-bond donors (Lipinski definition) is 1. The van der Waals surface area contributed by atoms with E-state index >= 15 is 0 Å². The van der Waals surface area contributed by atoms with Crippen LogP contribution in [0.2, 0.25) is 0 Å². The van der Waals surface area contributed by atoms with Gasteiger partial charge in [-0.1, -0.05) is 0 Å². The molecule has 0 unspecified atom stereocenters. The molecule has 2 aromatic rings. The Labute approximate surface area is 121 Å². The molecule has 0 bridgehead atoms. The number of anilines is 2. The molecule has 0 aliphatic heterocycles. The number of aryl methyl sites for hydroxylation is 1. The normalized spacial score (nSPS) is 9.85. The van der Waals surface area contributed by atoms with Crippen molar-refractivity contribution in [3.8, 4) is 6.07 Å². The average molecular weight is 287 g/mol. The molecule has 0 amide bonds. The Morgan fingerprint density at radius 1 is 1.45 bits per heavy atom. The van der Waals surface area contributed by atoms with E-state index in [1.54, 1.807) is 31.2 Å². The van der Waals surface area contributed by atoms with Gasteiger partial charge in [0.15, 0.2) is 5.69 Å². The highest BCUT2D eigenvalue weighted by molar-refractivity contribution is 7.06. The summed E-state index contributed by atoms with van der Waals surface area (Å²) >= 11 is 1.25. The monoisotopic (exact) mass is 287 g/mol. The van der Waals surface area contributed by atoms with Crippen LogP contribution in [0.5, 0.6) is 0 Å². The highest BCUT2D eigenvalue weighted by Gasteiger charge is 2.19. The zero-order chi connectivity index (χ0) is 14.5. The minimum absolute atomic E-state index is 0.290. The standard InChI is InChI=1S/C14H13N3O2S/c1-3-19-14(18)13-12(9(2)20-17-13)16-11-6-4-10(8-15)5-7-11/h4-7,16H,3H2,1-2H3. The molecule has 1 heterocycles. The summed E-state index contributed by atoms with van der Waals surface area (Å²) in [6, 6.07) is 9.04. The fourth-order valence-electron chi connectivity index (χ4n) is 1.63. The molecule has 20 heavy (non-hydrogen) atoms. The van der Waals surface area contributed by atoms with Gasteiger partial charge in [-0.3, -0.25) is 0 Å². The smallest absolute Gasteiger partial charge is 0.360 e. The van der Waals surface area contributed by atoms with Gasteiger partial charge in [0.2, 0.25) is 0 Å². The van der Waals surface area contributed by atoms with Gasteiger partial charge in [-0.15, -0.1) is 0 Å². The number of esters is 1. The van der Waals surface area contributed by atoms with Crippen LogP contribution >= 0.6 is 11.5 Å². The van der Waals surface area contributed by atoms with Crippen molar-refractivity contribution in [3.63, 3.8) is 0 Å². The van der Waals surface area contributed by atoms with E-state index in [-0.39, 0.29) is 0 Å². The first kappa shape index (κ1) is 14.0. The SMILES string of the molecule is CCOC(=O)c1nsc(C)c1Nc1ccc(C#N)cc1. The minimum atomic E-state index is -0.437. The van der Waals surface area contributed by atoms with E-state index in [1.165, 1.54) is 11.5 Å². The number of aromatic nitrogens is 1. The topological polar surface area (TPSA) is 75.0 Å². The maximum Gasteiger partial charge on any atom is 0.360 e. The number of nitrogens with one attached hydrogen (secondary N) is 1. The molecule has 0 fully saturated rings. The summed E-state index contributed by atoms with van der Waals surface area (Å²) in [5.41, 5.74) is 2.32. The molecular weight excluding hydrogens is 274 g/mol. The van der Waals surface area contributed by atoms with E-state index in [0.29, 0.717) is 23.6 Å². The highest BCUT2D eigenvalue weighted by Crippen LogP contribution is 2.28. The fourth-order valence-corrected chi connectivity index (χ4v) is 2.26. The lowest BCUT2D eigenvalue weighted by Gasteiger charge is -2.07. The van der Waals surface area contributed by atoms with E-state index in [9.17, 15) is 4.79 Å². The van der Waals surface area contributed by atoms with Gasteiger partial charge in [-0.25, -0.2) is 4.79 Å². The predicted octanol–water partition coefficient (Wildman–Crippen LogP) is 3.24. The van der Waals surface area contributed by atoms with Crippen molar-refractivity contribution < 1.29 is 9.53 Å². The Kier molecular flexibility index (Phi) is 4.33. The van der Waals surface area contributed by atoms with E-state index in [4.69, 9.17) is 10.00 Å². The molecule has 0 radical (unpaired) electrons. The van der Waals surface area contributed by atoms with Gasteiger partial charge in [-0.2, -0.15) is 9.64 Å². The molecule has 0 atom stereocenters. The van der Waals surface area contributed by atoms with Gasteiger partial charge in [0.1, 0.15) is 0 Å². The lowest BCUT2D eigenvalue weighted by atomic mass is 10.2. The largest absolute Gasteiger partial charge is 0.461 e. The van der Waals surface area contributed by atoms with E-state index < -0.39 is 5.97 Å². The third-order valence-corrected chi connectivity index (χ3v) is 3.37. The van der Waals surface area contributed by atoms with Crippen molar-refractivity contribution in [1.82, 2.24) is 4.37 Å². The Balaban J connectivity index is 2.26. The molecule has 0 saturated carbocycles. The lowest BCUT2D eigenvalue weighted by molar-refractivity contribution is 0.0522. The molecule has 1 aromatic heterocycles. The maximum atomic E-state index is 11.8. The summed E-state index contributed by atoms with van der Waals surface area (Å²) in [5, 5.41) is 11.9. The second kappa shape index (κ2) is 6.17. The number of hydrogen-bond acceptors (Lipinski definition) is 6. The number of carbonyl (C=O) groups excluding carboxylic acids is 1.